The average molecular weight is 429 g/mol. The molecule has 0 radical (unpaired) electrons. The number of carboxylic acid groups (broad SMARTS) is 1. The zero-order chi connectivity index (χ0) is 22.1. The van der Waals surface area contributed by atoms with E-state index < -0.39 is 17.2 Å². The number of halogens is 1. The van der Waals surface area contributed by atoms with E-state index in [0.717, 1.165) is 32.1 Å². The van der Waals surface area contributed by atoms with Gasteiger partial charge in [0.15, 0.2) is 11.6 Å². The minimum Gasteiger partial charge on any atom is -0.492 e. The van der Waals surface area contributed by atoms with Gasteiger partial charge in [-0.15, -0.1) is 0 Å². The van der Waals surface area contributed by atoms with Crippen LogP contribution in [0.25, 0.3) is 10.9 Å². The van der Waals surface area contributed by atoms with Crippen molar-refractivity contribution in [1.82, 2.24) is 4.57 Å². The van der Waals surface area contributed by atoms with Gasteiger partial charge >= 0.3 is 5.97 Å². The summed E-state index contributed by atoms with van der Waals surface area (Å²) in [6.45, 7) is 3.39. The Kier molecular flexibility index (Phi) is 4.55. The van der Waals surface area contributed by atoms with Crippen molar-refractivity contribution in [2.24, 2.45) is 17.1 Å². The lowest BCUT2D eigenvalue weighted by atomic mass is 9.58. The smallest absolute Gasteiger partial charge is 0.341 e. The number of rotatable bonds is 4. The monoisotopic (exact) mass is 429 g/mol. The van der Waals surface area contributed by atoms with Gasteiger partial charge in [0.2, 0.25) is 5.43 Å². The van der Waals surface area contributed by atoms with Crippen LogP contribution >= 0.6 is 0 Å². The number of fused-ring (bicyclic) bond motifs is 1. The number of nitrogens with zero attached hydrogens (tertiary/aromatic N) is 2. The third-order valence-electron chi connectivity index (χ3n) is 7.78. The van der Waals surface area contributed by atoms with E-state index >= 15 is 4.39 Å². The lowest BCUT2D eigenvalue weighted by Crippen LogP contribution is -2.60. The molecule has 2 aliphatic carbocycles. The molecule has 3 aliphatic rings. The Balaban J connectivity index is 1.74. The molecule has 1 aromatic heterocycles. The van der Waals surface area contributed by atoms with Crippen molar-refractivity contribution >= 4 is 22.6 Å². The number of methoxy groups -OCH3 is 1. The summed E-state index contributed by atoms with van der Waals surface area (Å²) in [6, 6.07) is 1.17. The number of pyridine rings is 1. The van der Waals surface area contributed by atoms with Gasteiger partial charge < -0.3 is 25.0 Å². The largest absolute Gasteiger partial charge is 0.492 e. The minimum atomic E-state index is -1.31. The topological polar surface area (TPSA) is 97.8 Å². The molecule has 7 nitrogen and oxygen atoms in total. The zero-order valence-corrected chi connectivity index (χ0v) is 17.9. The lowest BCUT2D eigenvalue weighted by molar-refractivity contribution is 0.0325. The molecule has 0 amide bonds. The van der Waals surface area contributed by atoms with Crippen molar-refractivity contribution in [3.8, 4) is 5.75 Å². The normalized spacial score (nSPS) is 25.0. The van der Waals surface area contributed by atoms with Gasteiger partial charge in [0.25, 0.3) is 0 Å². The van der Waals surface area contributed by atoms with Crippen molar-refractivity contribution < 1.29 is 19.0 Å². The number of hydrogen-bond donors (Lipinski definition) is 2. The molecule has 31 heavy (non-hydrogen) atoms. The summed E-state index contributed by atoms with van der Waals surface area (Å²) in [6.07, 6.45) is 6.44. The van der Waals surface area contributed by atoms with Gasteiger partial charge in [0, 0.05) is 31.4 Å². The van der Waals surface area contributed by atoms with E-state index in [4.69, 9.17) is 10.5 Å². The molecular weight excluding hydrogens is 401 g/mol. The van der Waals surface area contributed by atoms with Gasteiger partial charge in [0.1, 0.15) is 11.3 Å². The quantitative estimate of drug-likeness (QED) is 0.775. The Morgan fingerprint density at radius 3 is 2.61 bits per heavy atom. The first kappa shape index (κ1) is 20.3. The molecule has 3 fully saturated rings. The summed E-state index contributed by atoms with van der Waals surface area (Å²) >= 11 is 0. The predicted molar refractivity (Wildman–Crippen MR) is 116 cm³/mol. The summed E-state index contributed by atoms with van der Waals surface area (Å²) in [7, 11) is 1.47. The van der Waals surface area contributed by atoms with Gasteiger partial charge in [-0.3, -0.25) is 4.79 Å². The van der Waals surface area contributed by atoms with Crippen molar-refractivity contribution in [1.29, 1.82) is 0 Å². The third-order valence-corrected chi connectivity index (χ3v) is 7.78. The van der Waals surface area contributed by atoms with Gasteiger partial charge in [-0.2, -0.15) is 0 Å². The highest BCUT2D eigenvalue weighted by Gasteiger charge is 2.49. The highest BCUT2D eigenvalue weighted by atomic mass is 19.1. The van der Waals surface area contributed by atoms with Crippen LogP contribution in [0.3, 0.4) is 0 Å². The van der Waals surface area contributed by atoms with E-state index in [9.17, 15) is 14.7 Å². The number of piperidine rings is 1. The van der Waals surface area contributed by atoms with Crippen LogP contribution in [0.4, 0.5) is 10.1 Å². The number of hydrogen-bond acceptors (Lipinski definition) is 5. The number of aromatic carboxylic acids is 1. The van der Waals surface area contributed by atoms with Crippen LogP contribution in [0.15, 0.2) is 17.1 Å². The molecule has 166 valence electrons. The standard InChI is InChI=1S/C23H28FN3O4/c1-12-17(25)10-26(11-23(12)6-3-7-23)19-16(24)8-14-18(21(19)31-2)27(13-4-5-13)9-15(20(14)28)22(29)30/h8-9,12-13,17H,3-7,10-11,25H2,1-2H3,(H,29,30)/t12-,17?/m1/s1. The second-order valence-corrected chi connectivity index (χ2v) is 9.50. The van der Waals surface area contributed by atoms with Crippen molar-refractivity contribution in [2.45, 2.75) is 51.1 Å². The fourth-order valence-corrected chi connectivity index (χ4v) is 5.59. The summed E-state index contributed by atoms with van der Waals surface area (Å²) in [4.78, 5) is 26.5. The molecule has 8 heteroatoms. The fraction of sp³-hybridized carbons (Fsp3) is 0.565. The Hall–Kier alpha value is -2.61. The molecule has 1 aromatic carbocycles. The van der Waals surface area contributed by atoms with Gasteiger partial charge in [-0.1, -0.05) is 13.3 Å². The molecular formula is C23H28FN3O4. The van der Waals surface area contributed by atoms with E-state index in [-0.39, 0.29) is 34.2 Å². The number of anilines is 1. The van der Waals surface area contributed by atoms with Crippen LogP contribution in [0.1, 0.15) is 55.4 Å². The molecule has 5 rings (SSSR count). The highest BCUT2D eigenvalue weighted by molar-refractivity contribution is 5.97. The van der Waals surface area contributed by atoms with Crippen LogP contribution in [0, 0.1) is 17.2 Å². The number of benzene rings is 1. The third kappa shape index (κ3) is 2.95. The SMILES string of the molecule is COc1c(N2CC(N)[C@@H](C)C3(CCC3)C2)c(F)cc2c(=O)c(C(=O)O)cn(C3CC3)c12. The first-order chi connectivity index (χ1) is 14.8. The molecule has 2 atom stereocenters. The summed E-state index contributed by atoms with van der Waals surface area (Å²) < 4.78 is 23.1. The number of aromatic nitrogens is 1. The Labute approximate surface area is 179 Å². The van der Waals surface area contributed by atoms with E-state index in [1.165, 1.54) is 19.4 Å². The van der Waals surface area contributed by atoms with Crippen LogP contribution in [0.5, 0.6) is 5.75 Å². The highest BCUT2D eigenvalue weighted by Crippen LogP contribution is 2.53. The van der Waals surface area contributed by atoms with Gasteiger partial charge in [0.05, 0.1) is 18.0 Å². The van der Waals surface area contributed by atoms with Crippen LogP contribution in [-0.2, 0) is 0 Å². The molecule has 3 N–H and O–H groups in total. The number of ether oxygens (including phenoxy) is 1. The first-order valence-corrected chi connectivity index (χ1v) is 11.0. The number of nitrogens with two attached hydrogens (primary N) is 1. The maximum Gasteiger partial charge on any atom is 0.341 e. The van der Waals surface area contributed by atoms with Gasteiger partial charge in [-0.25, -0.2) is 9.18 Å². The molecule has 1 unspecified atom stereocenters. The Morgan fingerprint density at radius 2 is 2.06 bits per heavy atom. The predicted octanol–water partition coefficient (Wildman–Crippen LogP) is 3.14. The zero-order valence-electron chi connectivity index (χ0n) is 17.9. The first-order valence-electron chi connectivity index (χ1n) is 11.0. The summed E-state index contributed by atoms with van der Waals surface area (Å²) in [5, 5.41) is 9.53. The van der Waals surface area contributed by atoms with Crippen LogP contribution in [0.2, 0.25) is 0 Å². The maximum absolute atomic E-state index is 15.6. The van der Waals surface area contributed by atoms with E-state index in [2.05, 4.69) is 6.92 Å². The summed E-state index contributed by atoms with van der Waals surface area (Å²) in [5.74, 6) is -1.25. The second kappa shape index (κ2) is 6.95. The van der Waals surface area contributed by atoms with Crippen LogP contribution < -0.4 is 20.8 Å². The van der Waals surface area contributed by atoms with E-state index in [0.29, 0.717) is 30.2 Å². The van der Waals surface area contributed by atoms with Crippen molar-refractivity contribution in [3.63, 3.8) is 0 Å². The Bertz CT molecular complexity index is 1140. The molecule has 1 saturated heterocycles. The maximum atomic E-state index is 15.6. The average Bonchev–Trinajstić information content (AvgIpc) is 3.53. The molecule has 2 heterocycles. The number of carboxylic acids is 1. The molecule has 2 aromatic rings. The van der Waals surface area contributed by atoms with E-state index in [1.54, 1.807) is 4.57 Å². The van der Waals surface area contributed by atoms with Gasteiger partial charge in [-0.05, 0) is 43.1 Å². The van der Waals surface area contributed by atoms with Crippen molar-refractivity contribution in [2.75, 3.05) is 25.1 Å². The molecule has 0 bridgehead atoms. The van der Waals surface area contributed by atoms with Crippen molar-refractivity contribution in [3.05, 3.63) is 33.9 Å². The lowest BCUT2D eigenvalue weighted by Gasteiger charge is -2.56. The fourth-order valence-electron chi connectivity index (χ4n) is 5.59. The Morgan fingerprint density at radius 1 is 1.35 bits per heavy atom. The second-order valence-electron chi connectivity index (χ2n) is 9.50. The minimum absolute atomic E-state index is 0.0398. The molecule has 2 saturated carbocycles. The van der Waals surface area contributed by atoms with Crippen LogP contribution in [-0.4, -0.2) is 41.9 Å². The summed E-state index contributed by atoms with van der Waals surface area (Å²) in [5.41, 5.74) is 6.30. The molecule has 1 aliphatic heterocycles. The molecule has 1 spiro atoms. The van der Waals surface area contributed by atoms with E-state index in [1.807, 2.05) is 4.90 Å². The number of carbonyl (C=O) groups is 1.